The molecule has 0 radical (unpaired) electrons. The standard InChI is InChI=1S/C20H23N3O2S2/c1-14-19(26-12-11-21)27-20(22-14)23-18(24)10-9-15-5-4-8-17(13-15)25-16-6-2-3-7-16/h4-5,8,13,16H,2-3,6-7,9-10,12H2,1H3,(H,22,23,24). The topological polar surface area (TPSA) is 75.0 Å². The number of hydrogen-bond donors (Lipinski definition) is 1. The molecule has 2 aromatic rings. The predicted molar refractivity (Wildman–Crippen MR) is 109 cm³/mol. The fourth-order valence-corrected chi connectivity index (χ4v) is 4.90. The number of thioether (sulfide) groups is 1. The van der Waals surface area contributed by atoms with E-state index in [1.807, 2.05) is 31.2 Å². The van der Waals surface area contributed by atoms with E-state index in [4.69, 9.17) is 10.00 Å². The van der Waals surface area contributed by atoms with Crippen molar-refractivity contribution in [3.8, 4) is 11.8 Å². The van der Waals surface area contributed by atoms with Crippen LogP contribution in [0.1, 0.15) is 43.4 Å². The molecule has 1 saturated carbocycles. The first-order chi connectivity index (χ1) is 13.1. The zero-order chi connectivity index (χ0) is 19.1. The average Bonchev–Trinajstić information content (AvgIpc) is 3.28. The molecule has 1 aromatic carbocycles. The fraction of sp³-hybridized carbons (Fsp3) is 0.450. The van der Waals surface area contributed by atoms with Gasteiger partial charge in [0.15, 0.2) is 5.13 Å². The Bertz CT molecular complexity index is 823. The van der Waals surface area contributed by atoms with Gasteiger partial charge in [-0.2, -0.15) is 5.26 Å². The number of nitrogens with zero attached hydrogens (tertiary/aromatic N) is 2. The van der Waals surface area contributed by atoms with E-state index < -0.39 is 0 Å². The van der Waals surface area contributed by atoms with Gasteiger partial charge in [-0.1, -0.05) is 35.2 Å². The largest absolute Gasteiger partial charge is 0.490 e. The van der Waals surface area contributed by atoms with Crippen LogP contribution in [-0.4, -0.2) is 22.7 Å². The number of thiazole rings is 1. The Hall–Kier alpha value is -2.04. The van der Waals surface area contributed by atoms with Crippen LogP contribution < -0.4 is 10.1 Å². The summed E-state index contributed by atoms with van der Waals surface area (Å²) in [4.78, 5) is 16.6. The summed E-state index contributed by atoms with van der Waals surface area (Å²) in [5.41, 5.74) is 1.95. The fourth-order valence-electron chi connectivity index (χ4n) is 3.08. The summed E-state index contributed by atoms with van der Waals surface area (Å²) in [7, 11) is 0. The van der Waals surface area contributed by atoms with Gasteiger partial charge in [0.1, 0.15) is 5.75 Å². The summed E-state index contributed by atoms with van der Waals surface area (Å²) in [6, 6.07) is 10.1. The molecule has 7 heteroatoms. The second kappa shape index (κ2) is 9.77. The van der Waals surface area contributed by atoms with Crippen molar-refractivity contribution in [3.63, 3.8) is 0 Å². The van der Waals surface area contributed by atoms with Crippen molar-refractivity contribution in [2.45, 2.75) is 55.8 Å². The van der Waals surface area contributed by atoms with Gasteiger partial charge >= 0.3 is 0 Å². The highest BCUT2D eigenvalue weighted by molar-refractivity contribution is 8.01. The van der Waals surface area contributed by atoms with Crippen LogP contribution in [-0.2, 0) is 11.2 Å². The van der Waals surface area contributed by atoms with E-state index in [-0.39, 0.29) is 5.91 Å². The molecule has 1 aliphatic rings. The molecule has 1 aliphatic carbocycles. The number of aryl methyl sites for hydroxylation is 2. The number of carbonyl (C=O) groups excluding carboxylic acids is 1. The number of anilines is 1. The molecule has 5 nitrogen and oxygen atoms in total. The van der Waals surface area contributed by atoms with Crippen LogP contribution >= 0.6 is 23.1 Å². The van der Waals surface area contributed by atoms with Gasteiger partial charge in [-0.15, -0.1) is 0 Å². The molecule has 1 aromatic heterocycles. The number of carbonyl (C=O) groups is 1. The van der Waals surface area contributed by atoms with Gasteiger partial charge in [0, 0.05) is 6.42 Å². The molecule has 142 valence electrons. The maximum Gasteiger partial charge on any atom is 0.226 e. The monoisotopic (exact) mass is 401 g/mol. The Morgan fingerprint density at radius 1 is 1.44 bits per heavy atom. The van der Waals surface area contributed by atoms with Crippen LogP contribution in [0.3, 0.4) is 0 Å². The van der Waals surface area contributed by atoms with Crippen LogP contribution in [0, 0.1) is 18.3 Å². The molecule has 0 saturated heterocycles. The van der Waals surface area contributed by atoms with E-state index in [0.717, 1.165) is 34.1 Å². The van der Waals surface area contributed by atoms with Crippen LogP contribution in [0.25, 0.3) is 0 Å². The third-order valence-corrected chi connectivity index (χ3v) is 6.71. The van der Waals surface area contributed by atoms with Crippen LogP contribution in [0.4, 0.5) is 5.13 Å². The smallest absolute Gasteiger partial charge is 0.226 e. The van der Waals surface area contributed by atoms with E-state index in [1.54, 1.807) is 0 Å². The van der Waals surface area contributed by atoms with E-state index >= 15 is 0 Å². The summed E-state index contributed by atoms with van der Waals surface area (Å²) in [6.45, 7) is 1.89. The van der Waals surface area contributed by atoms with Gasteiger partial charge < -0.3 is 10.1 Å². The summed E-state index contributed by atoms with van der Waals surface area (Å²) >= 11 is 2.87. The first-order valence-corrected chi connectivity index (χ1v) is 11.0. The number of aromatic nitrogens is 1. The van der Waals surface area contributed by atoms with Gasteiger partial charge in [0.05, 0.1) is 27.8 Å². The van der Waals surface area contributed by atoms with Gasteiger partial charge in [-0.05, 0) is 56.7 Å². The highest BCUT2D eigenvalue weighted by atomic mass is 32.2. The summed E-state index contributed by atoms with van der Waals surface area (Å²) in [5, 5.41) is 12.1. The number of nitriles is 1. The molecule has 27 heavy (non-hydrogen) atoms. The van der Waals surface area contributed by atoms with Crippen LogP contribution in [0.5, 0.6) is 5.75 Å². The number of benzene rings is 1. The zero-order valence-corrected chi connectivity index (χ0v) is 17.0. The number of hydrogen-bond acceptors (Lipinski definition) is 6. The van der Waals surface area contributed by atoms with Crippen molar-refractivity contribution in [1.82, 2.24) is 4.98 Å². The maximum absolute atomic E-state index is 12.2. The van der Waals surface area contributed by atoms with Gasteiger partial charge in [-0.3, -0.25) is 4.79 Å². The van der Waals surface area contributed by atoms with Crippen molar-refractivity contribution < 1.29 is 9.53 Å². The third kappa shape index (κ3) is 5.98. The zero-order valence-electron chi connectivity index (χ0n) is 15.4. The SMILES string of the molecule is Cc1nc(NC(=O)CCc2cccc(OC3CCCC3)c2)sc1SCC#N. The lowest BCUT2D eigenvalue weighted by atomic mass is 10.1. The molecule has 1 amide bonds. The summed E-state index contributed by atoms with van der Waals surface area (Å²) in [5.74, 6) is 1.23. The molecule has 0 spiro atoms. The first kappa shape index (κ1) is 19.7. The lowest BCUT2D eigenvalue weighted by molar-refractivity contribution is -0.116. The van der Waals surface area contributed by atoms with Gasteiger partial charge in [0.25, 0.3) is 0 Å². The molecule has 0 unspecified atom stereocenters. The number of ether oxygens (including phenoxy) is 1. The van der Waals surface area contributed by atoms with E-state index in [2.05, 4.69) is 16.4 Å². The number of nitrogens with one attached hydrogen (secondary N) is 1. The van der Waals surface area contributed by atoms with Crippen LogP contribution in [0.2, 0.25) is 0 Å². The Morgan fingerprint density at radius 2 is 2.26 bits per heavy atom. The normalized spacial score (nSPS) is 14.1. The maximum atomic E-state index is 12.2. The Kier molecular flexibility index (Phi) is 7.13. The van der Waals surface area contributed by atoms with Gasteiger partial charge in [0.2, 0.25) is 5.91 Å². The Labute approximate surface area is 168 Å². The van der Waals surface area contributed by atoms with E-state index in [1.165, 1.54) is 35.9 Å². The molecular weight excluding hydrogens is 378 g/mol. The molecule has 0 bridgehead atoms. The minimum atomic E-state index is -0.0531. The Balaban J connectivity index is 1.49. The lowest BCUT2D eigenvalue weighted by Gasteiger charge is -2.13. The summed E-state index contributed by atoms with van der Waals surface area (Å²) < 4.78 is 7.01. The third-order valence-electron chi connectivity index (χ3n) is 4.41. The molecular formula is C20H23N3O2S2. The van der Waals surface area contributed by atoms with E-state index in [9.17, 15) is 4.79 Å². The van der Waals surface area contributed by atoms with Gasteiger partial charge in [-0.25, -0.2) is 4.98 Å². The van der Waals surface area contributed by atoms with E-state index in [0.29, 0.717) is 29.8 Å². The molecule has 1 heterocycles. The number of amides is 1. The van der Waals surface area contributed by atoms with Crippen molar-refractivity contribution >= 4 is 34.1 Å². The second-order valence-electron chi connectivity index (χ2n) is 6.56. The quantitative estimate of drug-likeness (QED) is 0.633. The predicted octanol–water partition coefficient (Wildman–Crippen LogP) is 4.96. The average molecular weight is 402 g/mol. The minimum Gasteiger partial charge on any atom is -0.490 e. The summed E-state index contributed by atoms with van der Waals surface area (Å²) in [6.07, 6.45) is 6.16. The number of rotatable bonds is 8. The Morgan fingerprint density at radius 3 is 3.04 bits per heavy atom. The molecule has 3 rings (SSSR count). The van der Waals surface area contributed by atoms with Crippen molar-refractivity contribution in [2.75, 3.05) is 11.1 Å². The molecule has 1 N–H and O–H groups in total. The minimum absolute atomic E-state index is 0.0531. The van der Waals surface area contributed by atoms with Crippen molar-refractivity contribution in [2.24, 2.45) is 0 Å². The second-order valence-corrected chi connectivity index (χ2v) is 8.80. The molecule has 0 atom stereocenters. The molecule has 0 aliphatic heterocycles. The lowest BCUT2D eigenvalue weighted by Crippen LogP contribution is -2.12. The highest BCUT2D eigenvalue weighted by Crippen LogP contribution is 2.32. The van der Waals surface area contributed by atoms with Crippen molar-refractivity contribution in [1.29, 1.82) is 5.26 Å². The van der Waals surface area contributed by atoms with Crippen LogP contribution in [0.15, 0.2) is 28.5 Å². The molecule has 1 fully saturated rings. The first-order valence-electron chi connectivity index (χ1n) is 9.16. The highest BCUT2D eigenvalue weighted by Gasteiger charge is 2.16. The van der Waals surface area contributed by atoms with Crippen molar-refractivity contribution in [3.05, 3.63) is 35.5 Å².